The zero-order chi connectivity index (χ0) is 13.5. The molecule has 0 bridgehead atoms. The summed E-state index contributed by atoms with van der Waals surface area (Å²) in [5, 5.41) is 14.1. The molecule has 18 heavy (non-hydrogen) atoms. The molecule has 1 rings (SSSR count). The van der Waals surface area contributed by atoms with Gasteiger partial charge in [0.05, 0.1) is 13.2 Å². The van der Waals surface area contributed by atoms with Gasteiger partial charge in [-0.1, -0.05) is 0 Å². The van der Waals surface area contributed by atoms with E-state index in [0.29, 0.717) is 25.3 Å². The van der Waals surface area contributed by atoms with Crippen molar-refractivity contribution in [3.63, 3.8) is 0 Å². The number of ether oxygens (including phenoxy) is 1. The summed E-state index contributed by atoms with van der Waals surface area (Å²) in [7, 11) is 3.08. The Kier molecular flexibility index (Phi) is 5.73. The first kappa shape index (κ1) is 14.6. The average Bonchev–Trinajstić information content (AvgIpc) is 2.37. The van der Waals surface area contributed by atoms with E-state index in [9.17, 15) is 9.59 Å². The highest BCUT2D eigenvalue weighted by molar-refractivity contribution is 6.39. The van der Waals surface area contributed by atoms with E-state index in [4.69, 9.17) is 9.84 Å². The van der Waals surface area contributed by atoms with Crippen LogP contribution in [-0.4, -0.2) is 73.0 Å². The van der Waals surface area contributed by atoms with Gasteiger partial charge in [-0.05, 0) is 0 Å². The topological polar surface area (TPSA) is 82.4 Å². The third-order valence-corrected chi connectivity index (χ3v) is 2.68. The van der Waals surface area contributed by atoms with Crippen LogP contribution in [0, 0.1) is 0 Å². The van der Waals surface area contributed by atoms with Crippen molar-refractivity contribution in [2.45, 2.75) is 12.8 Å². The van der Waals surface area contributed by atoms with E-state index in [2.05, 4.69) is 5.10 Å². The summed E-state index contributed by atoms with van der Waals surface area (Å²) >= 11 is 0. The maximum atomic E-state index is 12.1. The summed E-state index contributed by atoms with van der Waals surface area (Å²) < 4.78 is 4.91. The van der Waals surface area contributed by atoms with Gasteiger partial charge in [0.2, 0.25) is 5.91 Å². The normalized spacial score (nSPS) is 15.6. The smallest absolute Gasteiger partial charge is 0.270 e. The molecule has 0 saturated heterocycles. The lowest BCUT2D eigenvalue weighted by molar-refractivity contribution is -0.130. The zero-order valence-corrected chi connectivity index (χ0v) is 10.8. The zero-order valence-electron chi connectivity index (χ0n) is 10.8. The van der Waals surface area contributed by atoms with Crippen molar-refractivity contribution in [2.24, 2.45) is 5.10 Å². The summed E-state index contributed by atoms with van der Waals surface area (Å²) in [6.45, 7) is 0.913. The molecule has 0 unspecified atom stereocenters. The minimum atomic E-state index is -0.250. The van der Waals surface area contributed by atoms with Crippen LogP contribution in [0.4, 0.5) is 0 Å². The second kappa shape index (κ2) is 7.07. The molecule has 0 aliphatic carbocycles. The first-order chi connectivity index (χ1) is 8.60. The molecule has 1 N–H and O–H groups in total. The lowest BCUT2D eigenvalue weighted by Gasteiger charge is -2.25. The highest BCUT2D eigenvalue weighted by atomic mass is 16.5. The number of methoxy groups -OCH3 is 1. The molecule has 0 atom stereocenters. The highest BCUT2D eigenvalue weighted by Crippen LogP contribution is 2.09. The molecule has 1 heterocycles. The molecule has 0 saturated carbocycles. The predicted molar refractivity (Wildman–Crippen MR) is 65.0 cm³/mol. The lowest BCUT2D eigenvalue weighted by Crippen LogP contribution is -2.43. The molecule has 0 aromatic carbocycles. The fourth-order valence-corrected chi connectivity index (χ4v) is 1.64. The number of carbonyl (C=O) groups excluding carboxylic acids is 2. The van der Waals surface area contributed by atoms with Crippen LogP contribution >= 0.6 is 0 Å². The second-order valence-corrected chi connectivity index (χ2v) is 3.97. The van der Waals surface area contributed by atoms with Gasteiger partial charge < -0.3 is 14.7 Å². The molecule has 0 aromatic heterocycles. The van der Waals surface area contributed by atoms with Gasteiger partial charge in [-0.15, -0.1) is 0 Å². The first-order valence-electron chi connectivity index (χ1n) is 5.83. The fourth-order valence-electron chi connectivity index (χ4n) is 1.64. The number of hydrazone groups is 1. The molecule has 2 amide bonds. The molecular formula is C11H19N3O4. The third kappa shape index (κ3) is 3.78. The van der Waals surface area contributed by atoms with Gasteiger partial charge in [0.25, 0.3) is 5.91 Å². The van der Waals surface area contributed by atoms with Crippen molar-refractivity contribution in [1.82, 2.24) is 9.91 Å². The Morgan fingerprint density at radius 1 is 1.50 bits per heavy atom. The lowest BCUT2D eigenvalue weighted by atomic mass is 10.1. The van der Waals surface area contributed by atoms with Crippen LogP contribution in [-0.2, 0) is 14.3 Å². The Balaban J connectivity index is 2.70. The van der Waals surface area contributed by atoms with E-state index in [1.165, 1.54) is 17.0 Å². The number of hydrogen-bond acceptors (Lipinski definition) is 5. The number of hydrogen-bond donors (Lipinski definition) is 1. The number of nitrogens with zero attached hydrogens (tertiary/aromatic N) is 3. The molecule has 0 radical (unpaired) electrons. The van der Waals surface area contributed by atoms with E-state index < -0.39 is 0 Å². The number of aliphatic hydroxyl groups is 1. The van der Waals surface area contributed by atoms with Crippen LogP contribution in [0.2, 0.25) is 0 Å². The summed E-state index contributed by atoms with van der Waals surface area (Å²) in [4.78, 5) is 24.9. The van der Waals surface area contributed by atoms with Crippen molar-refractivity contribution < 1.29 is 19.4 Å². The Morgan fingerprint density at radius 2 is 2.22 bits per heavy atom. The molecule has 7 nitrogen and oxygen atoms in total. The van der Waals surface area contributed by atoms with Gasteiger partial charge >= 0.3 is 0 Å². The number of carbonyl (C=O) groups is 2. The van der Waals surface area contributed by atoms with Gasteiger partial charge in [-0.3, -0.25) is 9.59 Å². The number of amides is 2. The SMILES string of the molecule is COCCN(CCO)C(=O)C1=NN(C)C(=O)CC1. The van der Waals surface area contributed by atoms with Gasteiger partial charge in [0, 0.05) is 40.1 Å². The Bertz CT molecular complexity index is 343. The molecule has 102 valence electrons. The third-order valence-electron chi connectivity index (χ3n) is 2.68. The van der Waals surface area contributed by atoms with Gasteiger partial charge in [0.15, 0.2) is 0 Å². The van der Waals surface area contributed by atoms with Crippen LogP contribution in [0.25, 0.3) is 0 Å². The van der Waals surface area contributed by atoms with Gasteiger partial charge in [-0.25, -0.2) is 5.01 Å². The molecule has 0 fully saturated rings. The van der Waals surface area contributed by atoms with E-state index in [0.717, 1.165) is 0 Å². The van der Waals surface area contributed by atoms with Crippen molar-refractivity contribution in [3.05, 3.63) is 0 Å². The maximum absolute atomic E-state index is 12.1. The van der Waals surface area contributed by atoms with Crippen molar-refractivity contribution in [1.29, 1.82) is 0 Å². The summed E-state index contributed by atoms with van der Waals surface area (Å²) in [5.41, 5.74) is 0.349. The van der Waals surface area contributed by atoms with Crippen molar-refractivity contribution >= 4 is 17.5 Å². The summed E-state index contributed by atoms with van der Waals surface area (Å²) in [6.07, 6.45) is 0.634. The predicted octanol–water partition coefficient (Wildman–Crippen LogP) is -0.938. The van der Waals surface area contributed by atoms with Crippen molar-refractivity contribution in [2.75, 3.05) is 40.5 Å². The van der Waals surface area contributed by atoms with Crippen LogP contribution in [0.5, 0.6) is 0 Å². The van der Waals surface area contributed by atoms with Crippen LogP contribution in [0.15, 0.2) is 5.10 Å². The largest absolute Gasteiger partial charge is 0.395 e. The molecule has 1 aliphatic rings. The number of aliphatic hydroxyl groups excluding tert-OH is 1. The minimum absolute atomic E-state index is 0.0999. The van der Waals surface area contributed by atoms with Crippen LogP contribution < -0.4 is 0 Å². The molecule has 7 heteroatoms. The molecule has 1 aliphatic heterocycles. The van der Waals surface area contributed by atoms with Gasteiger partial charge in [-0.2, -0.15) is 5.10 Å². The van der Waals surface area contributed by atoms with Crippen molar-refractivity contribution in [3.8, 4) is 0 Å². The van der Waals surface area contributed by atoms with Crippen LogP contribution in [0.3, 0.4) is 0 Å². The second-order valence-electron chi connectivity index (χ2n) is 3.97. The van der Waals surface area contributed by atoms with Gasteiger partial charge in [0.1, 0.15) is 5.71 Å². The molecular weight excluding hydrogens is 238 g/mol. The van der Waals surface area contributed by atoms with E-state index >= 15 is 0 Å². The monoisotopic (exact) mass is 257 g/mol. The maximum Gasteiger partial charge on any atom is 0.270 e. The fraction of sp³-hybridized carbons (Fsp3) is 0.727. The number of rotatable bonds is 6. The first-order valence-corrected chi connectivity index (χ1v) is 5.83. The Labute approximate surface area is 106 Å². The van der Waals surface area contributed by atoms with E-state index in [-0.39, 0.29) is 31.4 Å². The standard InChI is InChI=1S/C11H19N3O4/c1-13-10(16)4-3-9(12-13)11(17)14(5-7-15)6-8-18-2/h15H,3-8H2,1-2H3. The average molecular weight is 257 g/mol. The minimum Gasteiger partial charge on any atom is -0.395 e. The molecule has 0 spiro atoms. The Hall–Kier alpha value is -1.47. The summed E-state index contributed by atoms with van der Waals surface area (Å²) in [5.74, 6) is -0.349. The van der Waals surface area contributed by atoms with E-state index in [1.807, 2.05) is 0 Å². The molecule has 0 aromatic rings. The highest BCUT2D eigenvalue weighted by Gasteiger charge is 2.25. The Morgan fingerprint density at radius 3 is 2.78 bits per heavy atom. The van der Waals surface area contributed by atoms with E-state index in [1.54, 1.807) is 7.11 Å². The summed E-state index contributed by atoms with van der Waals surface area (Å²) in [6, 6.07) is 0. The van der Waals surface area contributed by atoms with Crippen LogP contribution in [0.1, 0.15) is 12.8 Å². The quantitative estimate of drug-likeness (QED) is 0.666.